The molecule has 0 aliphatic carbocycles. The number of hydrogen-bond donors (Lipinski definition) is 3. The van der Waals surface area contributed by atoms with Crippen molar-refractivity contribution in [2.75, 3.05) is 17.2 Å². The topological polar surface area (TPSA) is 96.8 Å². The van der Waals surface area contributed by atoms with E-state index >= 15 is 0 Å². The number of amides is 1. The fraction of sp³-hybridized carbons (Fsp3) is 0.222. The van der Waals surface area contributed by atoms with Gasteiger partial charge in [0.1, 0.15) is 18.2 Å². The molecule has 30 heavy (non-hydrogen) atoms. The minimum atomic E-state index is -2.61. The number of carbonyl (C=O) groups is 1. The molecule has 0 saturated carbocycles. The monoisotopic (exact) mass is 439 g/mol. The van der Waals surface area contributed by atoms with Crippen LogP contribution in [0.4, 0.5) is 30.6 Å². The number of rotatable bonds is 9. The molecule has 0 bridgehead atoms. The van der Waals surface area contributed by atoms with Crippen molar-refractivity contribution in [1.82, 2.24) is 25.1 Å². The van der Waals surface area contributed by atoms with Gasteiger partial charge >= 0.3 is 0 Å². The van der Waals surface area contributed by atoms with Gasteiger partial charge in [-0.2, -0.15) is 10.1 Å². The van der Waals surface area contributed by atoms with Gasteiger partial charge in [0, 0.05) is 29.5 Å². The second-order valence-electron chi connectivity index (χ2n) is 6.07. The molecule has 8 nitrogen and oxygen atoms in total. The minimum Gasteiger partial charge on any atom is -0.366 e. The maximum atomic E-state index is 13.9. The van der Waals surface area contributed by atoms with Gasteiger partial charge in [0.05, 0.1) is 18.4 Å². The van der Waals surface area contributed by atoms with E-state index in [2.05, 4.69) is 31.0 Å². The number of hydrogen-bond acceptors (Lipinski definition) is 6. The van der Waals surface area contributed by atoms with E-state index in [1.165, 1.54) is 35.4 Å². The van der Waals surface area contributed by atoms with Crippen LogP contribution in [0.1, 0.15) is 5.56 Å². The highest BCUT2D eigenvalue weighted by Crippen LogP contribution is 2.20. The standard InChI is InChI=1S/C18H17ClF3N7O/c19-13-2-1-3-14(20)12(13)7-24-16-4-5-23-18(28-16)27-11-6-26-29(9-11)10-17(30)25-8-15(21)22/h1-6,9,15H,7-8,10H2,(H,25,30)(H2,23,24,27,28). The van der Waals surface area contributed by atoms with Crippen molar-refractivity contribution >= 4 is 35.0 Å². The van der Waals surface area contributed by atoms with E-state index in [9.17, 15) is 18.0 Å². The van der Waals surface area contributed by atoms with Crippen LogP contribution in [0.2, 0.25) is 5.02 Å². The first-order valence-electron chi connectivity index (χ1n) is 8.75. The fourth-order valence-corrected chi connectivity index (χ4v) is 2.67. The Balaban J connectivity index is 1.58. The first-order chi connectivity index (χ1) is 14.4. The Kier molecular flexibility index (Phi) is 7.07. The predicted octanol–water partition coefficient (Wildman–Crippen LogP) is 3.20. The SMILES string of the molecule is O=C(Cn1cc(Nc2nccc(NCc3c(F)cccc3Cl)n2)cn1)NCC(F)F. The molecular weight excluding hydrogens is 423 g/mol. The average molecular weight is 440 g/mol. The molecule has 0 spiro atoms. The normalized spacial score (nSPS) is 10.8. The Hall–Kier alpha value is -3.34. The first-order valence-corrected chi connectivity index (χ1v) is 9.12. The summed E-state index contributed by atoms with van der Waals surface area (Å²) in [5.41, 5.74) is 0.810. The van der Waals surface area contributed by atoms with Crippen LogP contribution in [0.5, 0.6) is 0 Å². The van der Waals surface area contributed by atoms with E-state index in [1.807, 2.05) is 0 Å². The van der Waals surface area contributed by atoms with E-state index in [-0.39, 0.29) is 19.0 Å². The smallest absolute Gasteiger partial charge is 0.255 e. The van der Waals surface area contributed by atoms with Crippen LogP contribution in [0, 0.1) is 5.82 Å². The van der Waals surface area contributed by atoms with Crippen LogP contribution in [-0.4, -0.2) is 38.6 Å². The number of nitrogens with zero attached hydrogens (tertiary/aromatic N) is 4. The van der Waals surface area contributed by atoms with Crippen molar-refractivity contribution in [1.29, 1.82) is 0 Å². The number of aromatic nitrogens is 4. The number of nitrogens with one attached hydrogen (secondary N) is 3. The van der Waals surface area contributed by atoms with Gasteiger partial charge in [0.2, 0.25) is 11.9 Å². The number of alkyl halides is 2. The number of halogens is 4. The highest BCUT2D eigenvalue weighted by atomic mass is 35.5. The summed E-state index contributed by atoms with van der Waals surface area (Å²) in [6.07, 6.45) is 1.83. The number of benzene rings is 1. The quantitative estimate of drug-likeness (QED) is 0.474. The molecule has 2 heterocycles. The molecule has 2 aromatic heterocycles. The lowest BCUT2D eigenvalue weighted by Gasteiger charge is -2.09. The summed E-state index contributed by atoms with van der Waals surface area (Å²) in [7, 11) is 0. The van der Waals surface area contributed by atoms with Gasteiger partial charge in [-0.15, -0.1) is 0 Å². The summed E-state index contributed by atoms with van der Waals surface area (Å²) in [6, 6.07) is 6.05. The molecule has 1 aromatic carbocycles. The number of carbonyl (C=O) groups excluding carboxylic acids is 1. The number of anilines is 3. The van der Waals surface area contributed by atoms with Crippen LogP contribution < -0.4 is 16.0 Å². The van der Waals surface area contributed by atoms with Gasteiger partial charge < -0.3 is 16.0 Å². The van der Waals surface area contributed by atoms with E-state index in [0.717, 1.165) is 0 Å². The lowest BCUT2D eigenvalue weighted by Crippen LogP contribution is -2.31. The van der Waals surface area contributed by atoms with Crippen molar-refractivity contribution < 1.29 is 18.0 Å². The molecule has 158 valence electrons. The fourth-order valence-electron chi connectivity index (χ4n) is 2.44. The maximum Gasteiger partial charge on any atom is 0.255 e. The Morgan fingerprint density at radius 2 is 2.10 bits per heavy atom. The van der Waals surface area contributed by atoms with Gasteiger partial charge in [-0.05, 0) is 18.2 Å². The molecule has 0 aliphatic rings. The average Bonchev–Trinajstić information content (AvgIpc) is 3.13. The second kappa shape index (κ2) is 9.92. The van der Waals surface area contributed by atoms with Gasteiger partial charge in [0.25, 0.3) is 6.43 Å². The lowest BCUT2D eigenvalue weighted by molar-refractivity contribution is -0.122. The molecule has 0 saturated heterocycles. The van der Waals surface area contributed by atoms with Crippen LogP contribution >= 0.6 is 11.6 Å². The molecule has 3 rings (SSSR count). The van der Waals surface area contributed by atoms with Crippen molar-refractivity contribution in [3.8, 4) is 0 Å². The molecule has 1 amide bonds. The van der Waals surface area contributed by atoms with Crippen molar-refractivity contribution in [2.45, 2.75) is 19.5 Å². The third kappa shape index (κ3) is 6.08. The molecule has 0 fully saturated rings. The second-order valence-corrected chi connectivity index (χ2v) is 6.47. The van der Waals surface area contributed by atoms with Crippen LogP contribution in [0.15, 0.2) is 42.9 Å². The molecule has 0 unspecified atom stereocenters. The maximum absolute atomic E-state index is 13.9. The van der Waals surface area contributed by atoms with E-state index < -0.39 is 24.7 Å². The van der Waals surface area contributed by atoms with E-state index in [0.29, 0.717) is 22.1 Å². The summed E-state index contributed by atoms with van der Waals surface area (Å²) in [4.78, 5) is 19.9. The summed E-state index contributed by atoms with van der Waals surface area (Å²) < 4.78 is 39.4. The Bertz CT molecular complexity index is 995. The van der Waals surface area contributed by atoms with Crippen molar-refractivity contribution in [3.05, 3.63) is 59.3 Å². The highest BCUT2D eigenvalue weighted by Gasteiger charge is 2.10. The van der Waals surface area contributed by atoms with Gasteiger partial charge in [-0.1, -0.05) is 17.7 Å². The van der Waals surface area contributed by atoms with Crippen LogP contribution in [0.25, 0.3) is 0 Å². The highest BCUT2D eigenvalue weighted by molar-refractivity contribution is 6.31. The van der Waals surface area contributed by atoms with Crippen molar-refractivity contribution in [2.24, 2.45) is 0 Å². The third-order valence-corrected chi connectivity index (χ3v) is 4.17. The third-order valence-electron chi connectivity index (χ3n) is 3.81. The zero-order valence-corrected chi connectivity index (χ0v) is 16.2. The van der Waals surface area contributed by atoms with Gasteiger partial charge in [0.15, 0.2) is 0 Å². The van der Waals surface area contributed by atoms with Gasteiger partial charge in [-0.3, -0.25) is 9.48 Å². The Labute approximate surface area is 174 Å². The summed E-state index contributed by atoms with van der Waals surface area (Å²) in [5, 5.41) is 12.3. The largest absolute Gasteiger partial charge is 0.366 e. The molecular formula is C18H17ClF3N7O. The molecule has 3 aromatic rings. The van der Waals surface area contributed by atoms with E-state index in [4.69, 9.17) is 11.6 Å². The van der Waals surface area contributed by atoms with E-state index in [1.54, 1.807) is 12.1 Å². The lowest BCUT2D eigenvalue weighted by atomic mass is 10.2. The Morgan fingerprint density at radius 3 is 2.87 bits per heavy atom. The molecule has 0 radical (unpaired) electrons. The zero-order valence-electron chi connectivity index (χ0n) is 15.4. The molecule has 0 aliphatic heterocycles. The van der Waals surface area contributed by atoms with Crippen molar-refractivity contribution in [3.63, 3.8) is 0 Å². The Morgan fingerprint density at radius 1 is 1.27 bits per heavy atom. The summed E-state index contributed by atoms with van der Waals surface area (Å²) >= 11 is 6.01. The minimum absolute atomic E-state index is 0.133. The molecule has 12 heteroatoms. The zero-order chi connectivity index (χ0) is 21.5. The van der Waals surface area contributed by atoms with Crippen LogP contribution in [-0.2, 0) is 17.9 Å². The predicted molar refractivity (Wildman–Crippen MR) is 105 cm³/mol. The summed E-state index contributed by atoms with van der Waals surface area (Å²) in [6.45, 7) is -0.787. The molecule has 3 N–H and O–H groups in total. The van der Waals surface area contributed by atoms with Gasteiger partial charge in [-0.25, -0.2) is 18.2 Å². The van der Waals surface area contributed by atoms with Crippen LogP contribution in [0.3, 0.4) is 0 Å². The molecule has 0 atom stereocenters. The first kappa shape index (κ1) is 21.4. The summed E-state index contributed by atoms with van der Waals surface area (Å²) in [5.74, 6) is -0.335.